The van der Waals surface area contributed by atoms with Gasteiger partial charge in [0.2, 0.25) is 0 Å². The fraction of sp³-hybridized carbons (Fsp3) is 1.00. The minimum Gasteiger partial charge on any atom is -0.0925 e. The number of hydrogen-bond acceptors (Lipinski definition) is 0. The van der Waals surface area contributed by atoms with Crippen molar-refractivity contribution in [1.82, 2.24) is 0 Å². The molecule has 1 fully saturated rings. The van der Waals surface area contributed by atoms with Crippen molar-refractivity contribution in [2.45, 2.75) is 25.5 Å². The van der Waals surface area contributed by atoms with Crippen LogP contribution in [0.25, 0.3) is 0 Å². The Labute approximate surface area is 91.3 Å². The van der Waals surface area contributed by atoms with Gasteiger partial charge < -0.3 is 0 Å². The summed E-state index contributed by atoms with van der Waals surface area (Å²) in [6, 6.07) is 0. The molecule has 2 atom stereocenters. The molecular weight excluding hydrogens is 256 g/mol. The Morgan fingerprint density at radius 3 is 2.60 bits per heavy atom. The van der Waals surface area contributed by atoms with E-state index >= 15 is 0 Å². The molecule has 0 radical (unpaired) electrons. The Morgan fingerprint density at radius 2 is 2.00 bits per heavy atom. The van der Waals surface area contributed by atoms with Crippen LogP contribution in [0.4, 0.5) is 0 Å². The summed E-state index contributed by atoms with van der Waals surface area (Å²) >= 11 is 6.03. The molecule has 0 saturated heterocycles. The van der Waals surface area contributed by atoms with Crippen molar-refractivity contribution in [2.24, 2.45) is 11.8 Å². The Balaban J connectivity index is 3.52. The Bertz CT molecular complexity index is 346. The molecule has 0 bridgehead atoms. The zero-order valence-electron chi connectivity index (χ0n) is 13.4. The van der Waals surface area contributed by atoms with Crippen LogP contribution in [0.5, 0.6) is 0 Å². The highest BCUT2D eigenvalue weighted by Crippen LogP contribution is 2.32. The van der Waals surface area contributed by atoms with Gasteiger partial charge in [-0.2, -0.15) is 0 Å². The third-order valence-corrected chi connectivity index (χ3v) is 2.56. The lowest BCUT2D eigenvalue weighted by molar-refractivity contribution is 0.290. The van der Waals surface area contributed by atoms with Gasteiger partial charge in [0.1, 0.15) is 0 Å². The van der Waals surface area contributed by atoms with Gasteiger partial charge >= 0.3 is 0 Å². The molecule has 1 rings (SSSR count). The second kappa shape index (κ2) is 4.76. The molecule has 0 N–H and O–H groups in total. The molecule has 0 spiro atoms. The van der Waals surface area contributed by atoms with E-state index in [1.165, 1.54) is 0 Å². The van der Waals surface area contributed by atoms with Crippen LogP contribution in [0, 0.1) is 11.8 Å². The van der Waals surface area contributed by atoms with Crippen molar-refractivity contribution in [1.29, 1.82) is 0 Å². The van der Waals surface area contributed by atoms with Gasteiger partial charge in [0, 0.05) is 21.6 Å². The lowest BCUT2D eigenvalue weighted by Gasteiger charge is -2.28. The highest BCUT2D eigenvalue weighted by molar-refractivity contribution is 9.09. The molecule has 0 aliphatic heterocycles. The van der Waals surface area contributed by atoms with E-state index in [4.69, 9.17) is 11.0 Å². The van der Waals surface area contributed by atoms with E-state index < -0.39 is 37.3 Å². The molecule has 1 aliphatic rings. The third-order valence-electron chi connectivity index (χ3n) is 1.33. The first-order valence-electron chi connectivity index (χ1n) is 6.95. The molecule has 0 aromatic carbocycles. The predicted molar refractivity (Wildman–Crippen MR) is 53.0 cm³/mol. The maximum atomic E-state index is 8.21. The minimum atomic E-state index is -2.83. The summed E-state index contributed by atoms with van der Waals surface area (Å²) in [5.74, 6) is -3.84. The Kier molecular flexibility index (Phi) is 1.44. The maximum Gasteiger partial charge on any atom is 0.0314 e. The van der Waals surface area contributed by atoms with Crippen molar-refractivity contribution >= 4 is 31.9 Å². The van der Waals surface area contributed by atoms with E-state index in [0.29, 0.717) is 0 Å². The fourth-order valence-electron chi connectivity index (χ4n) is 0.721. The van der Waals surface area contributed by atoms with Gasteiger partial charge in [0.05, 0.1) is 0 Å². The topological polar surface area (TPSA) is 0 Å². The maximum absolute atomic E-state index is 8.21. The third kappa shape index (κ3) is 2.23. The summed E-state index contributed by atoms with van der Waals surface area (Å²) in [6.45, 7) is 0. The normalized spacial score (nSPS) is 75.8. The Morgan fingerprint density at radius 1 is 1.30 bits per heavy atom. The quantitative estimate of drug-likeness (QED) is 0.677. The molecule has 0 nitrogen and oxygen atoms in total. The van der Waals surface area contributed by atoms with E-state index in [0.717, 1.165) is 0 Å². The van der Waals surface area contributed by atoms with Gasteiger partial charge in [0.15, 0.2) is 0 Å². The molecule has 0 aromatic rings. The van der Waals surface area contributed by atoms with Crippen molar-refractivity contribution in [3.05, 3.63) is 0 Å². The summed E-state index contributed by atoms with van der Waals surface area (Å²) in [6.07, 6.45) is -8.66. The molecule has 0 aromatic heterocycles. The van der Waals surface area contributed by atoms with Gasteiger partial charge in [-0.3, -0.25) is 0 Å². The highest BCUT2D eigenvalue weighted by Gasteiger charge is 2.22. The summed E-state index contributed by atoms with van der Waals surface area (Å²) in [7, 11) is 0. The Hall–Kier alpha value is 0.960. The average Bonchev–Trinajstić information content (AvgIpc) is 2.24. The molecule has 0 amide bonds. The number of alkyl halides is 2. The minimum absolute atomic E-state index is 0.0931. The average molecular weight is 278 g/mol. The fourth-order valence-corrected chi connectivity index (χ4v) is 1.79. The van der Waals surface area contributed by atoms with Gasteiger partial charge in [-0.25, -0.2) is 0 Å². The van der Waals surface area contributed by atoms with Crippen LogP contribution in [-0.4, -0.2) is 10.7 Å². The van der Waals surface area contributed by atoms with E-state index in [1.807, 2.05) is 0 Å². The number of hydrogen-bond donors (Lipinski definition) is 0. The van der Waals surface area contributed by atoms with Crippen LogP contribution in [-0.2, 0) is 0 Å². The first kappa shape index (κ1) is 3.02. The van der Waals surface area contributed by atoms with Crippen LogP contribution < -0.4 is 0 Å². The van der Waals surface area contributed by atoms with Crippen LogP contribution in [0.3, 0.4) is 0 Å². The summed E-state index contributed by atoms with van der Waals surface area (Å²) in [4.78, 5) is 0. The molecular formula is C8H14Br2. The summed E-state index contributed by atoms with van der Waals surface area (Å²) in [5, 5.41) is -0.331. The highest BCUT2D eigenvalue weighted by atomic mass is 79.9. The zero-order valence-corrected chi connectivity index (χ0v) is 8.55. The van der Waals surface area contributed by atoms with Crippen molar-refractivity contribution in [3.8, 4) is 0 Å². The van der Waals surface area contributed by atoms with Crippen molar-refractivity contribution < 1.29 is 11.0 Å². The monoisotopic (exact) mass is 276 g/mol. The first-order chi connectivity index (χ1) is 7.83. The van der Waals surface area contributed by atoms with Crippen LogP contribution in [0.15, 0.2) is 0 Å². The summed E-state index contributed by atoms with van der Waals surface area (Å²) in [5.41, 5.74) is 0. The van der Waals surface area contributed by atoms with Gasteiger partial charge in [-0.1, -0.05) is 44.6 Å². The summed E-state index contributed by atoms with van der Waals surface area (Å²) < 4.78 is 63.0. The SMILES string of the molecule is [2H]C1([2H])CC([2H])(CBr)C([2H])(CBr)C([2H])([2H])C1([2H])[2H]. The standard InChI is InChI=1S/C8H14Br2/c9-5-7-3-1-2-4-8(7)6-10/h7-8H,1-6H2/i1D2,2D2,3D2,7D,8D. The molecule has 60 valence electrons. The number of halogens is 2. The first-order valence-corrected chi connectivity index (χ1v) is 5.19. The largest absolute Gasteiger partial charge is 0.0925 e. The molecule has 1 aliphatic carbocycles. The second-order valence-electron chi connectivity index (χ2n) is 1.95. The van der Waals surface area contributed by atoms with E-state index in [2.05, 4.69) is 31.9 Å². The van der Waals surface area contributed by atoms with Crippen molar-refractivity contribution in [3.63, 3.8) is 0 Å². The molecule has 1 saturated carbocycles. The second-order valence-corrected chi connectivity index (χ2v) is 3.07. The molecule has 2 unspecified atom stereocenters. The zero-order chi connectivity index (χ0) is 14.6. The van der Waals surface area contributed by atoms with Crippen molar-refractivity contribution in [2.75, 3.05) is 10.7 Å². The van der Waals surface area contributed by atoms with Gasteiger partial charge in [-0.05, 0) is 24.6 Å². The van der Waals surface area contributed by atoms with Crippen LogP contribution in [0.1, 0.15) is 36.5 Å². The van der Waals surface area contributed by atoms with Gasteiger partial charge in [-0.15, -0.1) is 0 Å². The predicted octanol–water partition coefficient (Wildman–Crippen LogP) is 3.58. The van der Waals surface area contributed by atoms with E-state index in [-0.39, 0.29) is 10.7 Å². The van der Waals surface area contributed by atoms with E-state index in [9.17, 15) is 0 Å². The van der Waals surface area contributed by atoms with E-state index in [1.54, 1.807) is 0 Å². The lowest BCUT2D eigenvalue weighted by Crippen LogP contribution is -2.21. The molecule has 0 heterocycles. The molecule has 10 heavy (non-hydrogen) atoms. The smallest absolute Gasteiger partial charge is 0.0314 e. The van der Waals surface area contributed by atoms with Crippen LogP contribution in [0.2, 0.25) is 0 Å². The lowest BCUT2D eigenvalue weighted by atomic mass is 9.82. The molecule has 2 heteroatoms. The van der Waals surface area contributed by atoms with Crippen LogP contribution >= 0.6 is 31.9 Å². The number of rotatable bonds is 2. The van der Waals surface area contributed by atoms with Gasteiger partial charge in [0.25, 0.3) is 0 Å².